The molecule has 0 spiro atoms. The molecule has 0 saturated carbocycles. The first kappa shape index (κ1) is 6.25. The number of esters is 1. The van der Waals surface area contributed by atoms with E-state index in [1.165, 1.54) is 0 Å². The normalized spacial score (nSPS) is 15.8. The fraction of sp³-hybridized carbons (Fsp3) is 0.125. The van der Waals surface area contributed by atoms with Crippen LogP contribution in [0.2, 0.25) is 0 Å². The van der Waals surface area contributed by atoms with E-state index in [2.05, 4.69) is 0 Å². The minimum Gasteiger partial charge on any atom is -0.457 e. The molecular formula is C8H6O3Si. The Morgan fingerprint density at radius 2 is 2.33 bits per heavy atom. The molecule has 3 rings (SSSR count). The number of ether oxygens (including phenoxy) is 1. The molecule has 0 radical (unpaired) electrons. The summed E-state index contributed by atoms with van der Waals surface area (Å²) < 4.78 is 10.3. The zero-order chi connectivity index (χ0) is 8.29. The molecule has 3 nitrogen and oxygen atoms in total. The van der Waals surface area contributed by atoms with Crippen molar-refractivity contribution in [1.29, 1.82) is 0 Å². The monoisotopic (exact) mass is 178 g/mol. The van der Waals surface area contributed by atoms with Gasteiger partial charge < -0.3 is 9.15 Å². The molecule has 0 saturated heterocycles. The van der Waals surface area contributed by atoms with Crippen molar-refractivity contribution in [3.63, 3.8) is 0 Å². The van der Waals surface area contributed by atoms with Gasteiger partial charge in [-0.3, -0.25) is 0 Å². The largest absolute Gasteiger partial charge is 0.457 e. The predicted molar refractivity (Wildman–Crippen MR) is 46.1 cm³/mol. The number of carbonyl (C=O) groups is 1. The average molecular weight is 178 g/mol. The fourth-order valence-electron chi connectivity index (χ4n) is 1.71. The van der Waals surface area contributed by atoms with Crippen molar-refractivity contribution in [2.24, 2.45) is 0 Å². The SMILES string of the molecule is O=C1OCc2c1c1oc2cc1[SiH3]. The van der Waals surface area contributed by atoms with E-state index in [0.717, 1.165) is 32.2 Å². The van der Waals surface area contributed by atoms with Gasteiger partial charge in [0.05, 0.1) is 5.56 Å². The van der Waals surface area contributed by atoms with Crippen molar-refractivity contribution in [1.82, 2.24) is 0 Å². The van der Waals surface area contributed by atoms with Crippen molar-refractivity contribution in [3.8, 4) is 0 Å². The van der Waals surface area contributed by atoms with Gasteiger partial charge in [-0.1, -0.05) is 0 Å². The van der Waals surface area contributed by atoms with Gasteiger partial charge in [0.2, 0.25) is 0 Å². The van der Waals surface area contributed by atoms with E-state index >= 15 is 0 Å². The quantitative estimate of drug-likeness (QED) is 0.404. The second-order valence-electron chi connectivity index (χ2n) is 3.05. The topological polar surface area (TPSA) is 39.4 Å². The standard InChI is InChI=1S/C8H6O3Si/c9-8-6-3(2-10-8)4-1-5(12)7(6)11-4/h1H,2H2,12H3. The predicted octanol–water partition coefficient (Wildman–Crippen LogP) is -0.468. The van der Waals surface area contributed by atoms with E-state index < -0.39 is 0 Å². The summed E-state index contributed by atoms with van der Waals surface area (Å²) in [6.45, 7) is 0.387. The Morgan fingerprint density at radius 3 is 3.17 bits per heavy atom. The second kappa shape index (κ2) is 1.72. The van der Waals surface area contributed by atoms with Crippen molar-refractivity contribution in [2.75, 3.05) is 0 Å². The maximum atomic E-state index is 11.2. The highest BCUT2D eigenvalue weighted by molar-refractivity contribution is 6.39. The Bertz CT molecular complexity index is 471. The first-order valence-corrected chi connectivity index (χ1v) is 4.79. The molecule has 0 atom stereocenters. The number of carbonyl (C=O) groups excluding carboxylic acids is 1. The number of fused-ring (bicyclic) bond motifs is 5. The molecule has 0 N–H and O–H groups in total. The first-order chi connectivity index (χ1) is 5.77. The minimum atomic E-state index is -0.226. The van der Waals surface area contributed by atoms with Crippen molar-refractivity contribution in [3.05, 3.63) is 17.2 Å². The first-order valence-electron chi connectivity index (χ1n) is 3.79. The highest BCUT2D eigenvalue weighted by Crippen LogP contribution is 2.32. The maximum absolute atomic E-state index is 11.2. The van der Waals surface area contributed by atoms with Gasteiger partial charge in [-0.05, 0) is 11.3 Å². The van der Waals surface area contributed by atoms with E-state index in [9.17, 15) is 4.79 Å². The third kappa shape index (κ3) is 0.514. The second-order valence-corrected chi connectivity index (χ2v) is 4.13. The summed E-state index contributed by atoms with van der Waals surface area (Å²) in [6.07, 6.45) is 0. The molecule has 0 unspecified atom stereocenters. The zero-order valence-corrected chi connectivity index (χ0v) is 8.51. The van der Waals surface area contributed by atoms with Gasteiger partial charge in [-0.2, -0.15) is 0 Å². The van der Waals surface area contributed by atoms with Crippen LogP contribution in [-0.2, 0) is 11.3 Å². The van der Waals surface area contributed by atoms with Crippen LogP contribution in [0.15, 0.2) is 10.5 Å². The van der Waals surface area contributed by atoms with Crippen LogP contribution in [0.25, 0.3) is 11.2 Å². The number of hydrogen-bond acceptors (Lipinski definition) is 3. The molecule has 2 aromatic rings. The molecule has 1 aliphatic heterocycles. The molecule has 60 valence electrons. The highest BCUT2D eigenvalue weighted by atomic mass is 28.1. The Balaban J connectivity index is 2.49. The summed E-state index contributed by atoms with van der Waals surface area (Å²) in [6, 6.07) is 2.00. The fourth-order valence-corrected chi connectivity index (χ4v) is 2.32. The van der Waals surface area contributed by atoms with E-state index in [-0.39, 0.29) is 5.97 Å². The Labute approximate surface area is 71.1 Å². The number of hydrogen-bond donors (Lipinski definition) is 0. The van der Waals surface area contributed by atoms with Crippen LogP contribution >= 0.6 is 0 Å². The van der Waals surface area contributed by atoms with Gasteiger partial charge in [0.1, 0.15) is 23.3 Å². The number of benzene rings is 1. The Kier molecular flexibility index (Phi) is 0.894. The lowest BCUT2D eigenvalue weighted by atomic mass is 10.1. The molecule has 12 heavy (non-hydrogen) atoms. The number of cyclic esters (lactones) is 1. The third-order valence-corrected chi connectivity index (χ3v) is 3.04. The highest BCUT2D eigenvalue weighted by Gasteiger charge is 2.31. The van der Waals surface area contributed by atoms with Crippen LogP contribution in [0.4, 0.5) is 0 Å². The molecule has 1 aliphatic rings. The molecule has 3 heterocycles. The summed E-state index contributed by atoms with van der Waals surface area (Å²) in [4.78, 5) is 11.2. The molecule has 0 fully saturated rings. The number of furan rings is 2. The molecule has 0 aliphatic carbocycles. The zero-order valence-electron chi connectivity index (χ0n) is 6.51. The number of rotatable bonds is 0. The molecule has 2 bridgehead atoms. The molecule has 0 aromatic carbocycles. The minimum absolute atomic E-state index is 0.226. The molecule has 2 aromatic heterocycles. The third-order valence-electron chi connectivity index (χ3n) is 2.30. The van der Waals surface area contributed by atoms with Gasteiger partial charge in [0.15, 0.2) is 0 Å². The molecule has 0 amide bonds. The summed E-state index contributed by atoms with van der Waals surface area (Å²) in [7, 11) is 0.915. The summed E-state index contributed by atoms with van der Waals surface area (Å²) in [5, 5.41) is 1.16. The van der Waals surface area contributed by atoms with Crippen LogP contribution in [0, 0.1) is 0 Å². The van der Waals surface area contributed by atoms with Crippen LogP contribution in [0.5, 0.6) is 0 Å². The van der Waals surface area contributed by atoms with Crippen molar-refractivity contribution in [2.45, 2.75) is 6.61 Å². The summed E-state index contributed by atoms with van der Waals surface area (Å²) in [5.74, 6) is -0.226. The van der Waals surface area contributed by atoms with Gasteiger partial charge in [-0.25, -0.2) is 4.79 Å². The lowest BCUT2D eigenvalue weighted by Crippen LogP contribution is -2.04. The van der Waals surface area contributed by atoms with Crippen LogP contribution < -0.4 is 5.19 Å². The summed E-state index contributed by atoms with van der Waals surface area (Å²) >= 11 is 0. The lowest BCUT2D eigenvalue weighted by molar-refractivity contribution is 0.0534. The Hall–Kier alpha value is -1.29. The van der Waals surface area contributed by atoms with Crippen LogP contribution in [-0.4, -0.2) is 16.2 Å². The smallest absolute Gasteiger partial charge is 0.342 e. The lowest BCUT2D eigenvalue weighted by Gasteiger charge is -1.88. The van der Waals surface area contributed by atoms with Crippen molar-refractivity contribution < 1.29 is 13.9 Å². The summed E-state index contributed by atoms with van der Waals surface area (Å²) in [5.41, 5.74) is 3.21. The van der Waals surface area contributed by atoms with Gasteiger partial charge >= 0.3 is 5.97 Å². The van der Waals surface area contributed by atoms with Gasteiger partial charge in [0.25, 0.3) is 0 Å². The van der Waals surface area contributed by atoms with E-state index in [1.54, 1.807) is 0 Å². The average Bonchev–Trinajstić information content (AvgIpc) is 2.62. The van der Waals surface area contributed by atoms with Crippen LogP contribution in [0.1, 0.15) is 15.9 Å². The van der Waals surface area contributed by atoms with Crippen molar-refractivity contribution >= 4 is 32.6 Å². The maximum Gasteiger partial charge on any atom is 0.342 e. The van der Waals surface area contributed by atoms with E-state index in [1.807, 2.05) is 6.07 Å². The van der Waals surface area contributed by atoms with E-state index in [0.29, 0.717) is 12.2 Å². The molecule has 4 heteroatoms. The van der Waals surface area contributed by atoms with E-state index in [4.69, 9.17) is 9.15 Å². The Morgan fingerprint density at radius 1 is 1.50 bits per heavy atom. The van der Waals surface area contributed by atoms with Gasteiger partial charge in [-0.15, -0.1) is 0 Å². The van der Waals surface area contributed by atoms with Crippen LogP contribution in [0.3, 0.4) is 0 Å². The molecular weight excluding hydrogens is 172 g/mol. The van der Waals surface area contributed by atoms with Gasteiger partial charge in [0, 0.05) is 10.2 Å².